The molecule has 2 atom stereocenters. The van der Waals surface area contributed by atoms with Crippen LogP contribution in [0.15, 0.2) is 71.6 Å². The zero-order valence-electron chi connectivity index (χ0n) is 24.3. The number of amides is 2. The van der Waals surface area contributed by atoms with Gasteiger partial charge in [-0.25, -0.2) is 8.42 Å². The summed E-state index contributed by atoms with van der Waals surface area (Å²) in [5.74, 6) is -0.188. The van der Waals surface area contributed by atoms with E-state index in [-0.39, 0.29) is 23.4 Å². The first-order valence-corrected chi connectivity index (χ1v) is 15.3. The number of anilines is 1. The van der Waals surface area contributed by atoms with Crippen molar-refractivity contribution in [2.45, 2.75) is 64.6 Å². The maximum absolute atomic E-state index is 14.0. The molecule has 1 N–H and O–H groups in total. The number of halogens is 1. The number of ether oxygens (including phenoxy) is 1. The number of carbonyl (C=O) groups excluding carboxylic acids is 2. The first kappa shape index (κ1) is 32.0. The van der Waals surface area contributed by atoms with Gasteiger partial charge in [0.1, 0.15) is 18.3 Å². The van der Waals surface area contributed by atoms with Crippen LogP contribution in [0.1, 0.15) is 43.9 Å². The zero-order valence-corrected chi connectivity index (χ0v) is 25.9. The van der Waals surface area contributed by atoms with Gasteiger partial charge in [-0.2, -0.15) is 0 Å². The van der Waals surface area contributed by atoms with Gasteiger partial charge in [-0.3, -0.25) is 13.9 Å². The molecule has 0 aliphatic heterocycles. The predicted molar refractivity (Wildman–Crippen MR) is 163 cm³/mol. The number of hydrogen-bond donors (Lipinski definition) is 1. The average molecular weight is 600 g/mol. The molecule has 10 heteroatoms. The number of aryl methyl sites for hydroxylation is 2. The number of sulfonamides is 1. The normalized spacial score (nSPS) is 12.8. The van der Waals surface area contributed by atoms with Crippen molar-refractivity contribution in [1.82, 2.24) is 10.2 Å². The van der Waals surface area contributed by atoms with Crippen molar-refractivity contribution in [3.05, 3.63) is 88.4 Å². The molecule has 3 rings (SSSR count). The summed E-state index contributed by atoms with van der Waals surface area (Å²) in [7, 11) is -2.61. The standard InChI is InChI=1S/C31H38ClN3O5S/c1-7-23(4)33-31(37)24(5)34(19-25-9-14-28(40-6)15-10-25)30(36)20-35(27-13-8-21(2)22(3)18-27)41(38,39)29-16-11-26(32)12-17-29/h8-18,23-24H,7,19-20H2,1-6H3,(H,33,37)/t23-,24-/m1/s1. The van der Waals surface area contributed by atoms with Gasteiger partial charge in [-0.1, -0.05) is 36.7 Å². The summed E-state index contributed by atoms with van der Waals surface area (Å²) in [4.78, 5) is 28.6. The smallest absolute Gasteiger partial charge is 0.264 e. The Morgan fingerprint density at radius 3 is 2.15 bits per heavy atom. The second kappa shape index (κ2) is 13.9. The number of hydrogen-bond acceptors (Lipinski definition) is 5. The highest BCUT2D eigenvalue weighted by Crippen LogP contribution is 2.27. The molecular weight excluding hydrogens is 562 g/mol. The minimum Gasteiger partial charge on any atom is -0.497 e. The van der Waals surface area contributed by atoms with Crippen molar-refractivity contribution in [3.8, 4) is 5.75 Å². The van der Waals surface area contributed by atoms with Gasteiger partial charge in [-0.15, -0.1) is 0 Å². The highest BCUT2D eigenvalue weighted by Gasteiger charge is 2.33. The molecule has 0 heterocycles. The molecule has 0 radical (unpaired) electrons. The lowest BCUT2D eigenvalue weighted by molar-refractivity contribution is -0.139. The maximum Gasteiger partial charge on any atom is 0.264 e. The van der Waals surface area contributed by atoms with Gasteiger partial charge in [0.25, 0.3) is 10.0 Å². The Morgan fingerprint density at radius 1 is 0.951 bits per heavy atom. The van der Waals surface area contributed by atoms with Crippen molar-refractivity contribution in [2.24, 2.45) is 0 Å². The van der Waals surface area contributed by atoms with Crippen molar-refractivity contribution in [2.75, 3.05) is 18.0 Å². The summed E-state index contributed by atoms with van der Waals surface area (Å²) in [6, 6.07) is 17.3. The van der Waals surface area contributed by atoms with E-state index in [1.807, 2.05) is 45.9 Å². The molecule has 0 fully saturated rings. The van der Waals surface area contributed by atoms with Crippen LogP contribution in [0.2, 0.25) is 5.02 Å². The molecule has 2 amide bonds. The molecular formula is C31H38ClN3O5S. The quantitative estimate of drug-likeness (QED) is 0.297. The lowest BCUT2D eigenvalue weighted by Crippen LogP contribution is -2.52. The second-order valence-corrected chi connectivity index (χ2v) is 12.4. The third-order valence-corrected chi connectivity index (χ3v) is 9.18. The van der Waals surface area contributed by atoms with Crippen molar-refractivity contribution in [3.63, 3.8) is 0 Å². The molecule has 0 aliphatic rings. The lowest BCUT2D eigenvalue weighted by Gasteiger charge is -2.32. The molecule has 8 nitrogen and oxygen atoms in total. The van der Waals surface area contributed by atoms with E-state index in [9.17, 15) is 18.0 Å². The second-order valence-electron chi connectivity index (χ2n) is 10.1. The maximum atomic E-state index is 14.0. The highest BCUT2D eigenvalue weighted by atomic mass is 35.5. The van der Waals surface area contributed by atoms with Gasteiger partial charge in [0, 0.05) is 17.6 Å². The Morgan fingerprint density at radius 2 is 1.59 bits per heavy atom. The Bertz CT molecular complexity index is 1460. The predicted octanol–water partition coefficient (Wildman–Crippen LogP) is 5.49. The van der Waals surface area contributed by atoms with Gasteiger partial charge >= 0.3 is 0 Å². The van der Waals surface area contributed by atoms with E-state index in [4.69, 9.17) is 16.3 Å². The number of nitrogens with one attached hydrogen (secondary N) is 1. The third-order valence-electron chi connectivity index (χ3n) is 7.14. The fourth-order valence-electron chi connectivity index (χ4n) is 4.12. The van der Waals surface area contributed by atoms with Gasteiger partial charge < -0.3 is 15.0 Å². The van der Waals surface area contributed by atoms with E-state index in [0.29, 0.717) is 16.5 Å². The SMILES string of the molecule is CC[C@@H](C)NC(=O)[C@@H](C)N(Cc1ccc(OC)cc1)C(=O)CN(c1ccc(C)c(C)c1)S(=O)(=O)c1ccc(Cl)cc1. The van der Waals surface area contributed by atoms with Crippen LogP contribution in [-0.2, 0) is 26.2 Å². The number of rotatable bonds is 12. The van der Waals surface area contributed by atoms with E-state index < -0.39 is 28.5 Å². The number of nitrogens with zero attached hydrogens (tertiary/aromatic N) is 2. The summed E-state index contributed by atoms with van der Waals surface area (Å²) in [5, 5.41) is 3.32. The van der Waals surface area contributed by atoms with Crippen molar-refractivity contribution < 1.29 is 22.7 Å². The zero-order chi connectivity index (χ0) is 30.3. The van der Waals surface area contributed by atoms with Gasteiger partial charge in [0.2, 0.25) is 11.8 Å². The van der Waals surface area contributed by atoms with E-state index >= 15 is 0 Å². The molecule has 3 aromatic rings. The summed E-state index contributed by atoms with van der Waals surface area (Å²) in [6.07, 6.45) is 0.727. The molecule has 0 saturated heterocycles. The molecule has 0 unspecified atom stereocenters. The molecule has 0 aliphatic carbocycles. The molecule has 3 aromatic carbocycles. The molecule has 41 heavy (non-hydrogen) atoms. The van der Waals surface area contributed by atoms with Crippen LogP contribution in [-0.4, -0.2) is 50.9 Å². The molecule has 220 valence electrons. The van der Waals surface area contributed by atoms with Gasteiger partial charge in [-0.05, 0) is 99.3 Å². The Hall–Kier alpha value is -3.56. The number of carbonyl (C=O) groups is 2. The van der Waals surface area contributed by atoms with Crippen LogP contribution < -0.4 is 14.4 Å². The first-order valence-electron chi connectivity index (χ1n) is 13.5. The molecule has 0 bridgehead atoms. The summed E-state index contributed by atoms with van der Waals surface area (Å²) < 4.78 is 34.2. The van der Waals surface area contributed by atoms with Crippen LogP contribution in [0.25, 0.3) is 0 Å². The van der Waals surface area contributed by atoms with Crippen LogP contribution in [0, 0.1) is 13.8 Å². The largest absolute Gasteiger partial charge is 0.497 e. The van der Waals surface area contributed by atoms with E-state index in [1.54, 1.807) is 38.3 Å². The fourth-order valence-corrected chi connectivity index (χ4v) is 5.65. The lowest BCUT2D eigenvalue weighted by atomic mass is 10.1. The summed E-state index contributed by atoms with van der Waals surface area (Å²) >= 11 is 6.01. The average Bonchev–Trinajstić information content (AvgIpc) is 2.96. The first-order chi connectivity index (χ1) is 19.4. The Labute approximate surface area is 248 Å². The summed E-state index contributed by atoms with van der Waals surface area (Å²) in [5.41, 5.74) is 2.97. The highest BCUT2D eigenvalue weighted by molar-refractivity contribution is 7.92. The molecule has 0 spiro atoms. The van der Waals surface area contributed by atoms with Crippen LogP contribution in [0.3, 0.4) is 0 Å². The van der Waals surface area contributed by atoms with Crippen LogP contribution in [0.5, 0.6) is 5.75 Å². The topological polar surface area (TPSA) is 96.0 Å². The number of methoxy groups -OCH3 is 1. The monoisotopic (exact) mass is 599 g/mol. The molecule has 0 aromatic heterocycles. The van der Waals surface area contributed by atoms with E-state index in [1.165, 1.54) is 29.2 Å². The van der Waals surface area contributed by atoms with Crippen LogP contribution >= 0.6 is 11.6 Å². The summed E-state index contributed by atoms with van der Waals surface area (Å²) in [6.45, 7) is 8.89. The minimum absolute atomic E-state index is 0.00260. The van der Waals surface area contributed by atoms with E-state index in [2.05, 4.69) is 5.32 Å². The van der Waals surface area contributed by atoms with Gasteiger partial charge in [0.05, 0.1) is 17.7 Å². The fraction of sp³-hybridized carbons (Fsp3) is 0.355. The van der Waals surface area contributed by atoms with Gasteiger partial charge in [0.15, 0.2) is 0 Å². The Kier molecular flexibility index (Phi) is 10.8. The van der Waals surface area contributed by atoms with Crippen molar-refractivity contribution >= 4 is 39.1 Å². The molecule has 0 saturated carbocycles. The minimum atomic E-state index is -4.17. The van der Waals surface area contributed by atoms with Crippen LogP contribution in [0.4, 0.5) is 5.69 Å². The van der Waals surface area contributed by atoms with E-state index in [0.717, 1.165) is 27.4 Å². The third kappa shape index (κ3) is 8.01. The van der Waals surface area contributed by atoms with Crippen molar-refractivity contribution in [1.29, 1.82) is 0 Å². The Balaban J connectivity index is 2.04. The number of benzene rings is 3.